The van der Waals surface area contributed by atoms with E-state index < -0.39 is 0 Å². The topological polar surface area (TPSA) is 81.8 Å². The molecule has 1 heterocycles. The van der Waals surface area contributed by atoms with Gasteiger partial charge < -0.3 is 9.15 Å². The van der Waals surface area contributed by atoms with Crippen molar-refractivity contribution < 1.29 is 18.7 Å². The van der Waals surface area contributed by atoms with Gasteiger partial charge in [-0.2, -0.15) is 0 Å². The van der Waals surface area contributed by atoms with E-state index in [0.717, 1.165) is 16.7 Å². The number of ether oxygens (including phenoxy) is 1. The van der Waals surface area contributed by atoms with Crippen molar-refractivity contribution in [3.63, 3.8) is 0 Å². The summed E-state index contributed by atoms with van der Waals surface area (Å²) in [6.45, 7) is 18.9. The van der Waals surface area contributed by atoms with E-state index >= 15 is 0 Å². The number of terminal acetylenes is 1. The number of oxazole rings is 1. The molecule has 0 aliphatic rings. The maximum atomic E-state index is 11.0. The van der Waals surface area contributed by atoms with Crippen LogP contribution in [-0.2, 0) is 4.74 Å². The van der Waals surface area contributed by atoms with Gasteiger partial charge in [-0.15, -0.1) is 6.42 Å². The Kier molecular flexibility index (Phi) is 17.4. The average molecular weight is 543 g/mol. The predicted octanol–water partition coefficient (Wildman–Crippen LogP) is 8.27. The van der Waals surface area contributed by atoms with E-state index in [1.807, 2.05) is 65.8 Å². The zero-order valence-corrected chi connectivity index (χ0v) is 25.3. The first-order valence-electron chi connectivity index (χ1n) is 13.0. The van der Waals surface area contributed by atoms with Crippen LogP contribution in [0, 0.1) is 19.3 Å². The monoisotopic (exact) mass is 542 g/mol. The highest BCUT2D eigenvalue weighted by atomic mass is 16.5. The minimum absolute atomic E-state index is 0.0687. The number of carbonyl (C=O) groups is 2. The molecule has 0 aliphatic heterocycles. The van der Waals surface area contributed by atoms with Crippen molar-refractivity contribution in [2.45, 2.75) is 55.4 Å². The molecule has 0 bridgehead atoms. The molecule has 0 spiro atoms. The summed E-state index contributed by atoms with van der Waals surface area (Å²) in [6, 6.07) is 6.84. The lowest BCUT2D eigenvalue weighted by atomic mass is 10.0. The van der Waals surface area contributed by atoms with Crippen LogP contribution in [0.5, 0.6) is 0 Å². The van der Waals surface area contributed by atoms with Crippen molar-refractivity contribution in [1.82, 2.24) is 4.98 Å². The number of hydrogen-bond acceptors (Lipinski definition) is 6. The van der Waals surface area contributed by atoms with Gasteiger partial charge in [0, 0.05) is 30.5 Å². The molecule has 0 saturated heterocycles. The predicted molar refractivity (Wildman–Crippen MR) is 168 cm³/mol. The number of allylic oxidation sites excluding steroid dienone is 6. The Labute approximate surface area is 240 Å². The Balaban J connectivity index is 0.000000902. The number of nitrogens with zero attached hydrogens (tertiary/aromatic N) is 2. The minimum Gasteiger partial charge on any atom is -0.481 e. The second-order valence-electron chi connectivity index (χ2n) is 8.22. The molecule has 0 N–H and O–H groups in total. The number of rotatable bonds is 10. The molecule has 0 saturated carbocycles. The van der Waals surface area contributed by atoms with Gasteiger partial charge in [0.15, 0.2) is 17.3 Å². The number of ketones is 2. The lowest BCUT2D eigenvalue weighted by molar-refractivity contribution is 0.0981. The molecule has 2 aromatic rings. The van der Waals surface area contributed by atoms with Gasteiger partial charge in [0.05, 0.1) is 5.57 Å². The smallest absolute Gasteiger partial charge is 0.228 e. The molecule has 212 valence electrons. The minimum atomic E-state index is -0.0687. The van der Waals surface area contributed by atoms with Crippen molar-refractivity contribution in [2.24, 2.45) is 4.99 Å². The molecular formula is C34H42N2O4. The Morgan fingerprint density at radius 1 is 1.07 bits per heavy atom. The zero-order chi connectivity index (χ0) is 30.7. The number of aryl methyl sites for hydroxylation is 1. The molecule has 0 atom stereocenters. The fraction of sp³-hybridized carbons (Fsp3) is 0.294. The second-order valence-corrected chi connectivity index (χ2v) is 8.22. The van der Waals surface area contributed by atoms with Crippen LogP contribution < -0.4 is 0 Å². The van der Waals surface area contributed by atoms with Crippen LogP contribution >= 0.6 is 0 Å². The van der Waals surface area contributed by atoms with Gasteiger partial charge in [-0.1, -0.05) is 74.6 Å². The Morgan fingerprint density at radius 2 is 1.65 bits per heavy atom. The molecule has 1 aromatic carbocycles. The SMILES string of the molecule is C#C/C(=C\c1nc(/C(C=NC)=C/C)oc1C)OCC(=C)/C=C\C(C)=C/C.CC.CC(=O)c1ccccc1C(C)=O. The molecule has 6 nitrogen and oxygen atoms in total. The number of aromatic nitrogens is 1. The zero-order valence-electron chi connectivity index (χ0n) is 25.3. The molecule has 2 rings (SSSR count). The van der Waals surface area contributed by atoms with Gasteiger partial charge in [-0.25, -0.2) is 4.98 Å². The first-order valence-corrected chi connectivity index (χ1v) is 13.0. The van der Waals surface area contributed by atoms with Crippen molar-refractivity contribution >= 4 is 29.4 Å². The van der Waals surface area contributed by atoms with E-state index in [2.05, 4.69) is 22.5 Å². The molecule has 0 aliphatic carbocycles. The van der Waals surface area contributed by atoms with Crippen LogP contribution in [0.15, 0.2) is 81.5 Å². The van der Waals surface area contributed by atoms with Gasteiger partial charge in [0.25, 0.3) is 0 Å². The summed E-state index contributed by atoms with van der Waals surface area (Å²) in [5, 5.41) is 0. The Hall–Kier alpha value is -4.50. The molecule has 40 heavy (non-hydrogen) atoms. The van der Waals surface area contributed by atoms with E-state index in [0.29, 0.717) is 40.8 Å². The lowest BCUT2D eigenvalue weighted by Gasteiger charge is -2.05. The molecule has 6 heteroatoms. The maximum Gasteiger partial charge on any atom is 0.228 e. The molecule has 1 aromatic heterocycles. The number of Topliss-reactive ketones (excluding diaryl/α,β-unsaturated/α-hetero) is 2. The molecule has 0 fully saturated rings. The summed E-state index contributed by atoms with van der Waals surface area (Å²) in [6.07, 6.45) is 16.7. The number of benzene rings is 1. The first-order chi connectivity index (χ1) is 19.1. The van der Waals surface area contributed by atoms with Gasteiger partial charge in [0.2, 0.25) is 5.89 Å². The normalized spacial score (nSPS) is 11.8. The third kappa shape index (κ3) is 12.4. The fourth-order valence-corrected chi connectivity index (χ4v) is 2.97. The van der Waals surface area contributed by atoms with E-state index in [9.17, 15) is 9.59 Å². The molecule has 0 amide bonds. The largest absolute Gasteiger partial charge is 0.481 e. The van der Waals surface area contributed by atoms with Gasteiger partial charge >= 0.3 is 0 Å². The Bertz CT molecular complexity index is 1310. The standard InChI is InChI=1S/C22H26N2O2.C10H10O2.C2H6/c1-8-16(4)11-12-17(5)15-25-20(10-3)13-21-18(6)26-22(24-21)19(9-2)14-23-7;1-7(11)9-5-3-4-6-10(9)8(2)12;1-2/h3,8-9,11-14H,5,15H2,1-2,4,6-7H3;3-6H,1-2H3;1-2H3/b12-11-,16-8-,19-9+,20-13+,23-14?;;. The second kappa shape index (κ2) is 19.6. The van der Waals surface area contributed by atoms with Crippen molar-refractivity contribution in [1.29, 1.82) is 0 Å². The van der Waals surface area contributed by atoms with E-state index in [1.165, 1.54) is 13.8 Å². The van der Waals surface area contributed by atoms with Crippen molar-refractivity contribution in [3.8, 4) is 12.3 Å². The van der Waals surface area contributed by atoms with Gasteiger partial charge in [-0.05, 0) is 53.0 Å². The lowest BCUT2D eigenvalue weighted by Crippen LogP contribution is -2.02. The van der Waals surface area contributed by atoms with E-state index in [4.69, 9.17) is 15.6 Å². The van der Waals surface area contributed by atoms with Gasteiger partial charge in [-0.3, -0.25) is 14.6 Å². The summed E-state index contributed by atoms with van der Waals surface area (Å²) in [7, 11) is 1.70. The Morgan fingerprint density at radius 3 is 2.10 bits per heavy atom. The van der Waals surface area contributed by atoms with E-state index in [-0.39, 0.29) is 11.6 Å². The maximum absolute atomic E-state index is 11.0. The van der Waals surface area contributed by atoms with Crippen molar-refractivity contribution in [3.05, 3.63) is 101 Å². The quantitative estimate of drug-likeness (QED) is 0.0992. The van der Waals surface area contributed by atoms with Crippen molar-refractivity contribution in [2.75, 3.05) is 13.7 Å². The number of carbonyl (C=O) groups excluding carboxylic acids is 2. The van der Waals surface area contributed by atoms with E-state index in [1.54, 1.807) is 43.6 Å². The average Bonchev–Trinajstić information content (AvgIpc) is 3.33. The summed E-state index contributed by atoms with van der Waals surface area (Å²) < 4.78 is 11.3. The molecule has 0 radical (unpaired) electrons. The summed E-state index contributed by atoms with van der Waals surface area (Å²) in [4.78, 5) is 30.5. The van der Waals surface area contributed by atoms with Crippen LogP contribution in [-0.4, -0.2) is 36.4 Å². The highest BCUT2D eigenvalue weighted by Crippen LogP contribution is 2.19. The number of aliphatic imine (C=N–C) groups is 1. The van der Waals surface area contributed by atoms with Crippen LogP contribution in [0.25, 0.3) is 11.6 Å². The summed E-state index contributed by atoms with van der Waals surface area (Å²) >= 11 is 0. The van der Waals surface area contributed by atoms with Gasteiger partial charge in [0.1, 0.15) is 18.1 Å². The van der Waals surface area contributed by atoms with Crippen LogP contribution in [0.2, 0.25) is 0 Å². The molecular weight excluding hydrogens is 500 g/mol. The summed E-state index contributed by atoms with van der Waals surface area (Å²) in [5.41, 5.74) is 4.41. The highest BCUT2D eigenvalue weighted by molar-refractivity contribution is 6.08. The van der Waals surface area contributed by atoms with Crippen LogP contribution in [0.4, 0.5) is 0 Å². The third-order valence-electron chi connectivity index (χ3n) is 5.20. The number of hydrogen-bond donors (Lipinski definition) is 0. The molecule has 0 unspecified atom stereocenters. The van der Waals surface area contributed by atoms with Crippen LogP contribution in [0.3, 0.4) is 0 Å². The fourth-order valence-electron chi connectivity index (χ4n) is 2.97. The summed E-state index contributed by atoms with van der Waals surface area (Å²) in [5.74, 6) is 3.91. The third-order valence-corrected chi connectivity index (χ3v) is 5.20. The van der Waals surface area contributed by atoms with Crippen LogP contribution in [0.1, 0.15) is 86.5 Å². The highest BCUT2D eigenvalue weighted by Gasteiger charge is 2.12. The first kappa shape index (κ1) is 35.5.